The Hall–Kier alpha value is -1.75. The molecule has 5 heteroatoms. The summed E-state index contributed by atoms with van der Waals surface area (Å²) in [5, 5.41) is 0. The number of Topliss-reactive ketones (excluding diaryl/α,β-unsaturated/α-hetero) is 1. The molecule has 0 saturated heterocycles. The smallest absolute Gasteiger partial charge is 0.180 e. The van der Waals surface area contributed by atoms with Gasteiger partial charge in [0.05, 0.1) is 0 Å². The first-order valence-electron chi connectivity index (χ1n) is 5.65. The fourth-order valence-electron chi connectivity index (χ4n) is 1.72. The maximum Gasteiger partial charge on any atom is 0.180 e. The van der Waals surface area contributed by atoms with Gasteiger partial charge in [0.1, 0.15) is 16.5 Å². The highest BCUT2D eigenvalue weighted by Gasteiger charge is 2.19. The van der Waals surface area contributed by atoms with Gasteiger partial charge in [0.2, 0.25) is 0 Å². The number of aryl methyl sites for hydroxylation is 1. The third-order valence-electron chi connectivity index (χ3n) is 2.77. The third-order valence-corrected chi connectivity index (χ3v) is 3.71. The van der Waals surface area contributed by atoms with Crippen LogP contribution in [0.5, 0.6) is 0 Å². The van der Waals surface area contributed by atoms with Crippen molar-refractivity contribution in [3.05, 3.63) is 59.0 Å². The van der Waals surface area contributed by atoms with E-state index in [9.17, 15) is 9.18 Å². The fourth-order valence-corrected chi connectivity index (χ4v) is 2.27. The van der Waals surface area contributed by atoms with Gasteiger partial charge in [-0.15, -0.1) is 0 Å². The summed E-state index contributed by atoms with van der Waals surface area (Å²) in [6, 6.07) is 7.65. The Morgan fingerprint density at radius 2 is 2.11 bits per heavy atom. The first-order valence-corrected chi connectivity index (χ1v) is 6.56. The van der Waals surface area contributed by atoms with Crippen molar-refractivity contribution in [2.45, 2.75) is 11.8 Å². The molecule has 2 rings (SSSR count). The van der Waals surface area contributed by atoms with Crippen LogP contribution in [0.15, 0.2) is 36.5 Å². The van der Waals surface area contributed by atoms with Gasteiger partial charge in [-0.3, -0.25) is 4.79 Å². The molecule has 1 aromatic heterocycles. The van der Waals surface area contributed by atoms with Crippen LogP contribution in [0.1, 0.15) is 26.3 Å². The molecule has 1 unspecified atom stereocenters. The zero-order chi connectivity index (χ0) is 14.0. The largest absolute Gasteiger partial charge is 0.384 e. The zero-order valence-corrected chi connectivity index (χ0v) is 11.8. The molecule has 0 aliphatic carbocycles. The van der Waals surface area contributed by atoms with Crippen molar-refractivity contribution in [2.24, 2.45) is 0 Å². The Morgan fingerprint density at radius 3 is 2.74 bits per heavy atom. The first kappa shape index (κ1) is 13.7. The Balaban J connectivity index is 2.30. The number of hydrogen-bond donors (Lipinski definition) is 1. The van der Waals surface area contributed by atoms with E-state index >= 15 is 0 Å². The molecule has 19 heavy (non-hydrogen) atoms. The number of halogens is 2. The lowest BCUT2D eigenvalue weighted by Crippen LogP contribution is -2.08. The van der Waals surface area contributed by atoms with E-state index in [4.69, 9.17) is 5.73 Å². The van der Waals surface area contributed by atoms with Crippen LogP contribution >= 0.6 is 15.9 Å². The predicted octanol–water partition coefficient (Wildman–Crippen LogP) is 3.43. The summed E-state index contributed by atoms with van der Waals surface area (Å²) >= 11 is 3.34. The third kappa shape index (κ3) is 2.98. The zero-order valence-electron chi connectivity index (χ0n) is 10.2. The van der Waals surface area contributed by atoms with Gasteiger partial charge in [-0.1, -0.05) is 15.9 Å². The second-order valence-corrected chi connectivity index (χ2v) is 5.12. The van der Waals surface area contributed by atoms with E-state index in [1.54, 1.807) is 25.3 Å². The van der Waals surface area contributed by atoms with Crippen LogP contribution in [0, 0.1) is 12.7 Å². The van der Waals surface area contributed by atoms with Crippen LogP contribution in [0.4, 0.5) is 10.2 Å². The lowest BCUT2D eigenvalue weighted by molar-refractivity contribution is 0.0991. The van der Waals surface area contributed by atoms with Crippen LogP contribution < -0.4 is 5.73 Å². The van der Waals surface area contributed by atoms with Gasteiger partial charge in [-0.05, 0) is 48.4 Å². The quantitative estimate of drug-likeness (QED) is 0.695. The van der Waals surface area contributed by atoms with Crippen molar-refractivity contribution in [3.63, 3.8) is 0 Å². The summed E-state index contributed by atoms with van der Waals surface area (Å²) in [5.74, 6) is -0.116. The molecule has 3 nitrogen and oxygen atoms in total. The number of nitrogen functional groups attached to an aromatic ring is 1. The Bertz CT molecular complexity index is 631. The fraction of sp³-hybridized carbons (Fsp3) is 0.143. The molecule has 0 radical (unpaired) electrons. The van der Waals surface area contributed by atoms with Gasteiger partial charge in [-0.2, -0.15) is 0 Å². The summed E-state index contributed by atoms with van der Waals surface area (Å²) in [5.41, 5.74) is 7.21. The van der Waals surface area contributed by atoms with Gasteiger partial charge in [0.15, 0.2) is 5.78 Å². The van der Waals surface area contributed by atoms with E-state index in [2.05, 4.69) is 20.9 Å². The van der Waals surface area contributed by atoms with E-state index in [0.717, 1.165) is 5.56 Å². The maximum atomic E-state index is 13.2. The van der Waals surface area contributed by atoms with Crippen LogP contribution in [-0.2, 0) is 0 Å². The average molecular weight is 323 g/mol. The molecule has 1 atom stereocenters. The molecule has 0 amide bonds. The monoisotopic (exact) mass is 322 g/mol. The minimum Gasteiger partial charge on any atom is -0.384 e. The highest BCUT2D eigenvalue weighted by atomic mass is 79.9. The molecule has 0 spiro atoms. The van der Waals surface area contributed by atoms with Crippen molar-refractivity contribution in [1.82, 2.24) is 4.98 Å². The van der Waals surface area contributed by atoms with E-state index in [1.807, 2.05) is 0 Å². The lowest BCUT2D eigenvalue weighted by Gasteiger charge is -2.10. The molecule has 2 N–H and O–H groups in total. The summed E-state index contributed by atoms with van der Waals surface area (Å²) in [4.78, 5) is 15.6. The van der Waals surface area contributed by atoms with Gasteiger partial charge >= 0.3 is 0 Å². The number of ketones is 1. The summed E-state index contributed by atoms with van der Waals surface area (Å²) in [6.07, 6.45) is 1.54. The van der Waals surface area contributed by atoms with Crippen molar-refractivity contribution in [2.75, 3.05) is 5.73 Å². The van der Waals surface area contributed by atoms with Crippen molar-refractivity contribution < 1.29 is 9.18 Å². The maximum absolute atomic E-state index is 13.2. The van der Waals surface area contributed by atoms with Gasteiger partial charge in [0, 0.05) is 11.8 Å². The second kappa shape index (κ2) is 5.48. The van der Waals surface area contributed by atoms with E-state index in [0.29, 0.717) is 16.9 Å². The van der Waals surface area contributed by atoms with Gasteiger partial charge in [-0.25, -0.2) is 9.37 Å². The molecule has 98 valence electrons. The Kier molecular flexibility index (Phi) is 3.95. The molecule has 0 aliphatic rings. The second-order valence-electron chi connectivity index (χ2n) is 4.20. The highest BCUT2D eigenvalue weighted by molar-refractivity contribution is 9.09. The molecule has 0 aliphatic heterocycles. The lowest BCUT2D eigenvalue weighted by atomic mass is 10.0. The number of nitrogens with zero attached hydrogens (tertiary/aromatic N) is 1. The minimum atomic E-state index is -0.525. The molecule has 1 heterocycles. The molecule has 0 fully saturated rings. The normalized spacial score (nSPS) is 12.2. The standard InChI is InChI=1S/C14H12BrFN2O/c1-8-6-10(2-3-11(8)16)14(19)13(15)9-4-5-18-12(17)7-9/h2-7,13H,1H3,(H2,17,18). The van der Waals surface area contributed by atoms with Crippen LogP contribution in [-0.4, -0.2) is 10.8 Å². The summed E-state index contributed by atoms with van der Waals surface area (Å²) in [6.45, 7) is 1.62. The number of benzene rings is 1. The number of anilines is 1. The average Bonchev–Trinajstić information content (AvgIpc) is 2.40. The molecule has 2 aromatic rings. The predicted molar refractivity (Wildman–Crippen MR) is 75.8 cm³/mol. The van der Waals surface area contributed by atoms with Crippen molar-refractivity contribution in [3.8, 4) is 0 Å². The molecule has 0 saturated carbocycles. The van der Waals surface area contributed by atoms with Crippen molar-refractivity contribution >= 4 is 27.5 Å². The number of alkyl halides is 1. The van der Waals surface area contributed by atoms with Crippen LogP contribution in [0.25, 0.3) is 0 Å². The summed E-state index contributed by atoms with van der Waals surface area (Å²) < 4.78 is 13.2. The number of aromatic nitrogens is 1. The summed E-state index contributed by atoms with van der Waals surface area (Å²) in [7, 11) is 0. The number of carbonyl (C=O) groups is 1. The topological polar surface area (TPSA) is 56.0 Å². The molecular weight excluding hydrogens is 311 g/mol. The van der Waals surface area contributed by atoms with Crippen molar-refractivity contribution in [1.29, 1.82) is 0 Å². The minimum absolute atomic E-state index is 0.145. The van der Waals surface area contributed by atoms with E-state index in [1.165, 1.54) is 18.2 Å². The number of carbonyl (C=O) groups excluding carboxylic acids is 1. The highest BCUT2D eigenvalue weighted by Crippen LogP contribution is 2.28. The first-order chi connectivity index (χ1) is 8.99. The Morgan fingerprint density at radius 1 is 1.37 bits per heavy atom. The van der Waals surface area contributed by atoms with Gasteiger partial charge < -0.3 is 5.73 Å². The van der Waals surface area contributed by atoms with E-state index < -0.39 is 4.83 Å². The molecular formula is C14H12BrFN2O. The Labute approximate surface area is 118 Å². The SMILES string of the molecule is Cc1cc(C(=O)C(Br)c2ccnc(N)c2)ccc1F. The number of pyridine rings is 1. The molecule has 0 bridgehead atoms. The van der Waals surface area contributed by atoms with Gasteiger partial charge in [0.25, 0.3) is 0 Å². The van der Waals surface area contributed by atoms with E-state index in [-0.39, 0.29) is 11.6 Å². The molecule has 1 aromatic carbocycles. The number of nitrogens with two attached hydrogens (primary N) is 1. The van der Waals surface area contributed by atoms with Crippen LogP contribution in [0.2, 0.25) is 0 Å². The number of rotatable bonds is 3. The van der Waals surface area contributed by atoms with Crippen LogP contribution in [0.3, 0.4) is 0 Å². The number of hydrogen-bond acceptors (Lipinski definition) is 3.